The van der Waals surface area contributed by atoms with Crippen molar-refractivity contribution in [3.8, 4) is 6.07 Å². The maximum atomic E-state index is 13.4. The van der Waals surface area contributed by atoms with Crippen LogP contribution in [0.2, 0.25) is 0 Å². The smallest absolute Gasteiger partial charge is 0.382 e. The topological polar surface area (TPSA) is 95.6 Å². The Bertz CT molecular complexity index is 1260. The minimum absolute atomic E-state index is 0.0133. The maximum absolute atomic E-state index is 13.4. The van der Waals surface area contributed by atoms with Crippen molar-refractivity contribution in [2.75, 3.05) is 5.32 Å². The van der Waals surface area contributed by atoms with Gasteiger partial charge in [-0.15, -0.1) is 0 Å². The lowest BCUT2D eigenvalue weighted by molar-refractivity contribution is -0.140. The lowest BCUT2D eigenvalue weighted by Gasteiger charge is -2.31. The summed E-state index contributed by atoms with van der Waals surface area (Å²) in [5.74, 6) is -0.536. The number of alkyl halides is 4. The third kappa shape index (κ3) is 4.95. The molecule has 4 rings (SSSR count). The van der Waals surface area contributed by atoms with Crippen molar-refractivity contribution in [2.45, 2.75) is 57.7 Å². The van der Waals surface area contributed by atoms with Crippen LogP contribution in [0.25, 0.3) is 10.9 Å². The van der Waals surface area contributed by atoms with Gasteiger partial charge in [-0.3, -0.25) is 4.79 Å². The fraction of sp³-hybridized carbons (Fsp3) is 0.391. The van der Waals surface area contributed by atoms with Crippen LogP contribution in [-0.2, 0) is 13.0 Å². The Balaban J connectivity index is 1.53. The molecule has 7 nitrogen and oxygen atoms in total. The van der Waals surface area contributed by atoms with Crippen LogP contribution in [0.5, 0.6) is 0 Å². The van der Waals surface area contributed by atoms with E-state index in [9.17, 15) is 22.4 Å². The van der Waals surface area contributed by atoms with Gasteiger partial charge >= 0.3 is 6.18 Å². The number of pyridine rings is 1. The lowest BCUT2D eigenvalue weighted by atomic mass is 9.90. The van der Waals surface area contributed by atoms with Crippen LogP contribution in [-0.4, -0.2) is 32.8 Å². The average molecular weight is 474 g/mol. The molecule has 1 fully saturated rings. The number of halogens is 4. The van der Waals surface area contributed by atoms with Crippen LogP contribution < -0.4 is 10.6 Å². The first kappa shape index (κ1) is 23.5. The molecule has 1 unspecified atom stereocenters. The van der Waals surface area contributed by atoms with Crippen molar-refractivity contribution >= 4 is 22.5 Å². The summed E-state index contributed by atoms with van der Waals surface area (Å²) in [6.07, 6.45) is -0.801. The molecule has 1 amide bonds. The molecule has 34 heavy (non-hydrogen) atoms. The molecule has 1 aliphatic carbocycles. The summed E-state index contributed by atoms with van der Waals surface area (Å²) in [4.78, 5) is 16.4. The molecule has 2 N–H and O–H groups in total. The van der Waals surface area contributed by atoms with Gasteiger partial charge in [0.05, 0.1) is 11.1 Å². The van der Waals surface area contributed by atoms with Gasteiger partial charge in [0.15, 0.2) is 12.5 Å². The molecule has 0 aliphatic heterocycles. The number of hydrogen-bond acceptors (Lipinski definition) is 5. The summed E-state index contributed by atoms with van der Waals surface area (Å²) in [6.45, 7) is 0.893. The summed E-state index contributed by atoms with van der Waals surface area (Å²) in [7, 11) is 0. The second kappa shape index (κ2) is 9.29. The number of nitriles is 1. The summed E-state index contributed by atoms with van der Waals surface area (Å²) in [6, 6.07) is 7.42. The monoisotopic (exact) mass is 474 g/mol. The Morgan fingerprint density at radius 3 is 2.74 bits per heavy atom. The van der Waals surface area contributed by atoms with Crippen molar-refractivity contribution in [2.24, 2.45) is 0 Å². The molecule has 2 atom stereocenters. The van der Waals surface area contributed by atoms with Crippen molar-refractivity contribution in [3.63, 3.8) is 0 Å². The highest BCUT2D eigenvalue weighted by atomic mass is 19.4. The maximum Gasteiger partial charge on any atom is 0.433 e. The van der Waals surface area contributed by atoms with Crippen LogP contribution in [0.3, 0.4) is 0 Å². The van der Waals surface area contributed by atoms with Gasteiger partial charge in [0.25, 0.3) is 5.91 Å². The van der Waals surface area contributed by atoms with E-state index in [1.807, 2.05) is 6.92 Å². The second-order valence-electron chi connectivity index (χ2n) is 8.41. The Kier molecular flexibility index (Phi) is 6.41. The van der Waals surface area contributed by atoms with Crippen molar-refractivity contribution in [3.05, 3.63) is 53.0 Å². The van der Waals surface area contributed by atoms with Crippen LogP contribution in [0, 0.1) is 18.3 Å². The number of carbonyl (C=O) groups excluding carboxylic acids is 1. The molecule has 178 valence electrons. The third-order valence-corrected chi connectivity index (χ3v) is 5.86. The van der Waals surface area contributed by atoms with Gasteiger partial charge in [-0.2, -0.15) is 23.5 Å². The standard InChI is InChI=1S/C23H22F4N6O/c1-13-5-6-18-16(7-13)19(9-21(31-18)23(25,26)27)29-14-3-2-4-15(8-14)30-22(34)17-11-33(12-24)32-20(17)10-28/h5-7,9,11,14-15H,2-4,8,12H2,1H3,(H,29,31)(H,30,34)/t14-,15?/m0/s1. The van der Waals surface area contributed by atoms with E-state index < -0.39 is 24.6 Å². The fourth-order valence-electron chi connectivity index (χ4n) is 4.27. The highest BCUT2D eigenvalue weighted by molar-refractivity contribution is 5.96. The number of rotatable bonds is 5. The van der Waals surface area contributed by atoms with Gasteiger partial charge in [0.2, 0.25) is 0 Å². The molecule has 0 radical (unpaired) electrons. The van der Waals surface area contributed by atoms with Crippen molar-refractivity contribution in [1.29, 1.82) is 5.26 Å². The number of anilines is 1. The van der Waals surface area contributed by atoms with E-state index in [1.54, 1.807) is 24.3 Å². The van der Waals surface area contributed by atoms with Gasteiger partial charge in [-0.05, 0) is 50.8 Å². The Morgan fingerprint density at radius 2 is 2.03 bits per heavy atom. The molecule has 1 saturated carbocycles. The van der Waals surface area contributed by atoms with Gasteiger partial charge in [-0.25, -0.2) is 14.1 Å². The fourth-order valence-corrected chi connectivity index (χ4v) is 4.27. The predicted octanol–water partition coefficient (Wildman–Crippen LogP) is 4.71. The van der Waals surface area contributed by atoms with Gasteiger partial charge < -0.3 is 10.6 Å². The Hall–Kier alpha value is -3.68. The molecule has 3 aromatic rings. The first-order valence-corrected chi connectivity index (χ1v) is 10.8. The molecule has 0 bridgehead atoms. The molecular weight excluding hydrogens is 452 g/mol. The van der Waals surface area contributed by atoms with E-state index in [2.05, 4.69) is 20.7 Å². The number of aryl methyl sites for hydroxylation is 1. The summed E-state index contributed by atoms with van der Waals surface area (Å²) < 4.78 is 54.0. The number of amides is 1. The minimum atomic E-state index is -4.58. The number of benzene rings is 1. The molecular formula is C23H22F4N6O. The number of carbonyl (C=O) groups is 1. The van der Waals surface area contributed by atoms with Gasteiger partial charge in [0.1, 0.15) is 11.8 Å². The SMILES string of the molecule is Cc1ccc2nc(C(F)(F)F)cc(N[C@H]3CCCC(NC(=O)c4cn(CF)nc4C#N)C3)c2c1. The highest BCUT2D eigenvalue weighted by Gasteiger charge is 2.34. The molecule has 1 aliphatic rings. The largest absolute Gasteiger partial charge is 0.433 e. The molecule has 11 heteroatoms. The third-order valence-electron chi connectivity index (χ3n) is 5.86. The number of hydrogen-bond donors (Lipinski definition) is 2. The van der Waals surface area contributed by atoms with Crippen LogP contribution in [0.1, 0.15) is 53.0 Å². The number of aromatic nitrogens is 3. The zero-order chi connectivity index (χ0) is 24.5. The molecule has 0 spiro atoms. The lowest BCUT2D eigenvalue weighted by Crippen LogP contribution is -2.42. The molecule has 1 aromatic carbocycles. The van der Waals surface area contributed by atoms with Gasteiger partial charge in [-0.1, -0.05) is 11.6 Å². The predicted molar refractivity (Wildman–Crippen MR) is 117 cm³/mol. The quantitative estimate of drug-likeness (QED) is 0.522. The average Bonchev–Trinajstić information content (AvgIpc) is 3.23. The van der Waals surface area contributed by atoms with E-state index in [-0.39, 0.29) is 28.9 Å². The first-order chi connectivity index (χ1) is 16.2. The van der Waals surface area contributed by atoms with E-state index in [0.29, 0.717) is 30.3 Å². The molecule has 2 heterocycles. The van der Waals surface area contributed by atoms with E-state index in [0.717, 1.165) is 22.7 Å². The van der Waals surface area contributed by atoms with Crippen LogP contribution in [0.15, 0.2) is 30.5 Å². The van der Waals surface area contributed by atoms with Crippen LogP contribution in [0.4, 0.5) is 23.2 Å². The first-order valence-electron chi connectivity index (χ1n) is 10.8. The number of nitrogens with zero attached hydrogens (tertiary/aromatic N) is 4. The summed E-state index contributed by atoms with van der Waals surface area (Å²) in [5.41, 5.74) is 0.333. The summed E-state index contributed by atoms with van der Waals surface area (Å²) >= 11 is 0. The van der Waals surface area contributed by atoms with Crippen molar-refractivity contribution < 1.29 is 22.4 Å². The number of nitrogens with one attached hydrogen (secondary N) is 2. The molecule has 0 saturated heterocycles. The Labute approximate surface area is 192 Å². The van der Waals surface area contributed by atoms with Crippen LogP contribution >= 0.6 is 0 Å². The minimum Gasteiger partial charge on any atom is -0.382 e. The number of fused-ring (bicyclic) bond motifs is 1. The zero-order valence-electron chi connectivity index (χ0n) is 18.3. The summed E-state index contributed by atoms with van der Waals surface area (Å²) in [5, 5.41) is 19.5. The second-order valence-corrected chi connectivity index (χ2v) is 8.41. The highest BCUT2D eigenvalue weighted by Crippen LogP contribution is 2.34. The molecule has 2 aromatic heterocycles. The zero-order valence-corrected chi connectivity index (χ0v) is 18.3. The van der Waals surface area contributed by atoms with E-state index >= 15 is 0 Å². The van der Waals surface area contributed by atoms with Crippen molar-refractivity contribution in [1.82, 2.24) is 20.1 Å². The normalized spacial score (nSPS) is 18.5. The van der Waals surface area contributed by atoms with E-state index in [4.69, 9.17) is 5.26 Å². The van der Waals surface area contributed by atoms with Gasteiger partial charge in [0, 0.05) is 29.4 Å². The van der Waals surface area contributed by atoms with E-state index in [1.165, 1.54) is 6.20 Å². The Morgan fingerprint density at radius 1 is 1.26 bits per heavy atom.